The average molecular weight is 1110 g/mol. The van der Waals surface area contributed by atoms with Crippen LogP contribution in [0.25, 0.3) is 0 Å². The van der Waals surface area contributed by atoms with Gasteiger partial charge in [-0.25, -0.2) is 0 Å². The minimum atomic E-state index is -1.78. The molecule has 0 aromatic carbocycles. The van der Waals surface area contributed by atoms with Crippen molar-refractivity contribution >= 4 is 5.91 Å². The summed E-state index contributed by atoms with van der Waals surface area (Å²) in [4.78, 5) is 13.1. The fraction of sp³-hybridized carbons (Fsp3) is 0.953. The van der Waals surface area contributed by atoms with Gasteiger partial charge < -0.3 is 65.1 Å². The van der Waals surface area contributed by atoms with Gasteiger partial charge in [0.1, 0.15) is 48.8 Å². The number of hydrogen-bond acceptors (Lipinski definition) is 13. The number of hydrogen-bond donors (Lipinski definition) is 9. The Balaban J connectivity index is 1.44. The van der Waals surface area contributed by atoms with Crippen LogP contribution < -0.4 is 5.32 Å². The number of nitrogens with one attached hydrogen (secondary N) is 1. The molecule has 9 N–H and O–H groups in total. The Morgan fingerprint density at radius 2 is 0.808 bits per heavy atom. The van der Waals surface area contributed by atoms with Gasteiger partial charge in [-0.3, -0.25) is 4.79 Å². The maximum atomic E-state index is 13.1. The second-order valence-electron chi connectivity index (χ2n) is 23.6. The maximum absolute atomic E-state index is 13.1. The number of rotatable bonds is 54. The van der Waals surface area contributed by atoms with Gasteiger partial charge in [0.15, 0.2) is 12.6 Å². The second-order valence-corrected chi connectivity index (χ2v) is 23.6. The number of carbonyl (C=O) groups is 1. The summed E-state index contributed by atoms with van der Waals surface area (Å²) in [6.45, 7) is 2.78. The molecule has 0 radical (unpaired) electrons. The van der Waals surface area contributed by atoms with E-state index in [9.17, 15) is 45.6 Å². The zero-order chi connectivity index (χ0) is 56.7. The van der Waals surface area contributed by atoms with Gasteiger partial charge in [0.25, 0.3) is 0 Å². The lowest BCUT2D eigenvalue weighted by Crippen LogP contribution is -2.65. The molecule has 0 spiro atoms. The third kappa shape index (κ3) is 35.0. The van der Waals surface area contributed by atoms with Crippen LogP contribution >= 0.6 is 0 Å². The minimum absolute atomic E-state index is 0.208. The van der Waals surface area contributed by atoms with Gasteiger partial charge in [0.05, 0.1) is 32.0 Å². The van der Waals surface area contributed by atoms with Gasteiger partial charge in [0.2, 0.25) is 5.91 Å². The van der Waals surface area contributed by atoms with E-state index in [-0.39, 0.29) is 12.5 Å². The van der Waals surface area contributed by atoms with E-state index in [0.29, 0.717) is 12.8 Å². The van der Waals surface area contributed by atoms with Gasteiger partial charge in [-0.05, 0) is 38.5 Å². The van der Waals surface area contributed by atoms with Crippen LogP contribution in [0.2, 0.25) is 0 Å². The minimum Gasteiger partial charge on any atom is -0.394 e. The number of aliphatic hydroxyl groups is 8. The van der Waals surface area contributed by atoms with Crippen molar-refractivity contribution in [2.24, 2.45) is 0 Å². The van der Waals surface area contributed by atoms with Gasteiger partial charge in [0, 0.05) is 6.42 Å². The van der Waals surface area contributed by atoms with Crippen molar-refractivity contribution in [1.29, 1.82) is 0 Å². The molecule has 2 rings (SSSR count). The molecular formula is C64H123NO13. The van der Waals surface area contributed by atoms with Crippen LogP contribution in [0, 0.1) is 0 Å². The molecule has 78 heavy (non-hydrogen) atoms. The molecule has 12 unspecified atom stereocenters. The van der Waals surface area contributed by atoms with Crippen molar-refractivity contribution in [2.75, 3.05) is 19.8 Å². The predicted octanol–water partition coefficient (Wildman–Crippen LogP) is 12.2. The summed E-state index contributed by atoms with van der Waals surface area (Å²) in [5, 5.41) is 86.6. The smallest absolute Gasteiger partial charge is 0.220 e. The van der Waals surface area contributed by atoms with E-state index in [4.69, 9.17) is 18.9 Å². The molecule has 14 nitrogen and oxygen atoms in total. The van der Waals surface area contributed by atoms with Crippen LogP contribution in [0.3, 0.4) is 0 Å². The van der Waals surface area contributed by atoms with Crippen LogP contribution in [0.15, 0.2) is 12.2 Å². The van der Waals surface area contributed by atoms with Gasteiger partial charge in [-0.1, -0.05) is 264 Å². The molecular weight excluding hydrogens is 991 g/mol. The Morgan fingerprint density at radius 3 is 1.22 bits per heavy atom. The summed E-state index contributed by atoms with van der Waals surface area (Å²) in [5.41, 5.74) is 0. The van der Waals surface area contributed by atoms with Crippen molar-refractivity contribution in [3.05, 3.63) is 12.2 Å². The van der Waals surface area contributed by atoms with Crippen molar-refractivity contribution in [1.82, 2.24) is 5.32 Å². The standard InChI is InChI=1S/C64H123NO13/c1-3-5-7-9-10-11-12-13-14-15-16-17-18-19-20-21-22-23-24-25-26-27-28-29-30-31-32-33-34-35-36-37-38-39-40-41-42-44-46-48-56(69)65-52(53(68)47-45-43-8-6-4-2)51-75-63-61(74)59(72)62(55(50-67)77-63)78-64-60(73)58(71)57(70)54(49-66)76-64/h15-16,52-55,57-64,66-68,70-74H,3-14,17-51H2,1-2H3,(H,65,69)/b16-15-. The molecule has 0 aromatic heterocycles. The summed E-state index contributed by atoms with van der Waals surface area (Å²) in [6.07, 6.45) is 43.5. The van der Waals surface area contributed by atoms with E-state index >= 15 is 0 Å². The van der Waals surface area contributed by atoms with Gasteiger partial charge in [-0.2, -0.15) is 0 Å². The summed E-state index contributed by atoms with van der Waals surface area (Å²) >= 11 is 0. The first-order valence-electron chi connectivity index (χ1n) is 32.9. The van der Waals surface area contributed by atoms with E-state index in [1.54, 1.807) is 0 Å². The molecule has 2 aliphatic rings. The fourth-order valence-electron chi connectivity index (χ4n) is 11.2. The summed E-state index contributed by atoms with van der Waals surface area (Å²) in [6, 6.07) is -0.820. The Bertz CT molecular complexity index is 1360. The highest BCUT2D eigenvalue weighted by molar-refractivity contribution is 5.76. The largest absolute Gasteiger partial charge is 0.394 e. The zero-order valence-corrected chi connectivity index (χ0v) is 49.9. The first kappa shape index (κ1) is 72.8. The molecule has 0 aliphatic carbocycles. The summed E-state index contributed by atoms with van der Waals surface area (Å²) in [7, 11) is 0. The lowest BCUT2D eigenvalue weighted by molar-refractivity contribution is -0.359. The number of unbranched alkanes of at least 4 members (excludes halogenated alkanes) is 39. The Hall–Kier alpha value is -1.27. The third-order valence-electron chi connectivity index (χ3n) is 16.5. The SMILES string of the molecule is CCCCCCCCCC/C=C\CCCCCCCCCCCCCCCCCCCCCCCCCCCCCC(=O)NC(COC1OC(CO)C(OC2OC(CO)C(O)C(O)C2O)C(O)C1O)C(O)CCCCCCC. The van der Waals surface area contributed by atoms with E-state index in [0.717, 1.165) is 57.8 Å². The molecule has 2 fully saturated rings. The lowest BCUT2D eigenvalue weighted by Gasteiger charge is -2.46. The Kier molecular flexibility index (Phi) is 46.9. The summed E-state index contributed by atoms with van der Waals surface area (Å²) in [5.74, 6) is -0.208. The molecule has 0 saturated carbocycles. The number of amides is 1. The molecule has 1 amide bonds. The normalized spacial score (nSPS) is 24.5. The van der Waals surface area contributed by atoms with Gasteiger partial charge in [-0.15, -0.1) is 0 Å². The number of ether oxygens (including phenoxy) is 4. The molecule has 2 aliphatic heterocycles. The monoisotopic (exact) mass is 1110 g/mol. The quantitative estimate of drug-likeness (QED) is 0.0204. The predicted molar refractivity (Wildman–Crippen MR) is 314 cm³/mol. The number of carbonyl (C=O) groups excluding carboxylic acids is 1. The molecule has 14 heteroatoms. The number of allylic oxidation sites excluding steroid dienone is 2. The van der Waals surface area contributed by atoms with E-state index in [2.05, 4.69) is 31.3 Å². The molecule has 462 valence electrons. The molecule has 2 heterocycles. The Morgan fingerprint density at radius 1 is 0.449 bits per heavy atom. The van der Waals surface area contributed by atoms with Crippen LogP contribution in [0.4, 0.5) is 0 Å². The molecule has 2 saturated heterocycles. The van der Waals surface area contributed by atoms with Crippen molar-refractivity contribution in [2.45, 2.75) is 370 Å². The van der Waals surface area contributed by atoms with Crippen LogP contribution in [0.5, 0.6) is 0 Å². The first-order valence-corrected chi connectivity index (χ1v) is 32.9. The maximum Gasteiger partial charge on any atom is 0.220 e. The lowest BCUT2D eigenvalue weighted by atomic mass is 9.97. The second kappa shape index (κ2) is 50.3. The number of aliphatic hydroxyl groups excluding tert-OH is 8. The van der Waals surface area contributed by atoms with Crippen LogP contribution in [0.1, 0.15) is 296 Å². The van der Waals surface area contributed by atoms with Crippen molar-refractivity contribution < 1.29 is 64.6 Å². The molecule has 12 atom stereocenters. The topological polar surface area (TPSA) is 228 Å². The van der Waals surface area contributed by atoms with Crippen LogP contribution in [-0.4, -0.2) is 140 Å². The van der Waals surface area contributed by atoms with Crippen molar-refractivity contribution in [3.63, 3.8) is 0 Å². The van der Waals surface area contributed by atoms with Crippen LogP contribution in [-0.2, 0) is 23.7 Å². The van der Waals surface area contributed by atoms with E-state index < -0.39 is 86.8 Å². The van der Waals surface area contributed by atoms with Crippen molar-refractivity contribution in [3.8, 4) is 0 Å². The fourth-order valence-corrected chi connectivity index (χ4v) is 11.2. The zero-order valence-electron chi connectivity index (χ0n) is 49.9. The summed E-state index contributed by atoms with van der Waals surface area (Å²) < 4.78 is 22.7. The Labute approximate surface area is 476 Å². The van der Waals surface area contributed by atoms with E-state index in [1.807, 2.05) is 0 Å². The highest BCUT2D eigenvalue weighted by atomic mass is 16.7. The van der Waals surface area contributed by atoms with E-state index in [1.165, 1.54) is 212 Å². The first-order chi connectivity index (χ1) is 38.1. The molecule has 0 bridgehead atoms. The average Bonchev–Trinajstić information content (AvgIpc) is 3.47. The highest BCUT2D eigenvalue weighted by Gasteiger charge is 2.51. The molecule has 0 aromatic rings. The van der Waals surface area contributed by atoms with Gasteiger partial charge >= 0.3 is 0 Å². The third-order valence-corrected chi connectivity index (χ3v) is 16.5. The highest BCUT2D eigenvalue weighted by Crippen LogP contribution is 2.30.